The van der Waals surface area contributed by atoms with Crippen LogP contribution in [0.4, 0.5) is 0 Å². The first-order valence-electron chi connectivity index (χ1n) is 8.58. The number of aromatic nitrogens is 3. The van der Waals surface area contributed by atoms with E-state index >= 15 is 0 Å². The zero-order valence-electron chi connectivity index (χ0n) is 15.7. The highest BCUT2D eigenvalue weighted by atomic mass is 35.5. The third-order valence-corrected chi connectivity index (χ3v) is 4.78. The Labute approximate surface area is 166 Å². The van der Waals surface area contributed by atoms with Gasteiger partial charge in [0, 0.05) is 36.3 Å². The van der Waals surface area contributed by atoms with Gasteiger partial charge >= 0.3 is 5.97 Å². The lowest BCUT2D eigenvalue weighted by molar-refractivity contribution is -0.141. The molecule has 0 saturated carbocycles. The molecule has 0 spiro atoms. The molecule has 0 aliphatic rings. The maximum atomic E-state index is 12.8. The number of hydrogen-bond acceptors (Lipinski definition) is 4. The zero-order chi connectivity index (χ0) is 20.4. The van der Waals surface area contributed by atoms with E-state index in [1.165, 1.54) is 23.9 Å². The Hall–Kier alpha value is -3.06. The topological polar surface area (TPSA) is 86.3 Å². The van der Waals surface area contributed by atoms with Crippen molar-refractivity contribution in [3.05, 3.63) is 69.4 Å². The van der Waals surface area contributed by atoms with E-state index in [4.69, 9.17) is 16.3 Å². The van der Waals surface area contributed by atoms with Crippen LogP contribution in [0.3, 0.4) is 0 Å². The van der Waals surface area contributed by atoms with Gasteiger partial charge in [0.2, 0.25) is 0 Å². The van der Waals surface area contributed by atoms with Crippen LogP contribution >= 0.6 is 11.6 Å². The number of halogens is 1. The van der Waals surface area contributed by atoms with Crippen LogP contribution in [-0.4, -0.2) is 32.5 Å². The third kappa shape index (κ3) is 3.94. The molecule has 0 aliphatic heterocycles. The largest absolute Gasteiger partial charge is 0.495 e. The Bertz CT molecular complexity index is 1090. The van der Waals surface area contributed by atoms with Gasteiger partial charge in [-0.15, -0.1) is 0 Å². The van der Waals surface area contributed by atoms with Crippen molar-refractivity contribution in [1.82, 2.24) is 14.3 Å². The molecule has 2 aromatic heterocycles. The number of carbonyl (C=O) groups is 1. The molecule has 146 valence electrons. The summed E-state index contributed by atoms with van der Waals surface area (Å²) in [5.74, 6) is -0.737. The lowest BCUT2D eigenvalue weighted by Gasteiger charge is -2.18. The summed E-state index contributed by atoms with van der Waals surface area (Å²) in [6.45, 7) is 1.90. The summed E-state index contributed by atoms with van der Waals surface area (Å²) in [5, 5.41) is 14.4. The van der Waals surface area contributed by atoms with Gasteiger partial charge in [0.1, 0.15) is 11.8 Å². The van der Waals surface area contributed by atoms with Crippen LogP contribution in [0.5, 0.6) is 5.75 Å². The number of aryl methyl sites for hydroxylation is 2. The van der Waals surface area contributed by atoms with Gasteiger partial charge in [-0.3, -0.25) is 14.0 Å². The molecule has 8 heteroatoms. The minimum absolute atomic E-state index is 0.0781. The Morgan fingerprint density at radius 2 is 2.04 bits per heavy atom. The fourth-order valence-electron chi connectivity index (χ4n) is 3.10. The quantitative estimate of drug-likeness (QED) is 0.685. The molecule has 2 heterocycles. The average Bonchev–Trinajstić information content (AvgIpc) is 3.06. The summed E-state index contributed by atoms with van der Waals surface area (Å²) < 4.78 is 8.21. The predicted molar refractivity (Wildman–Crippen MR) is 106 cm³/mol. The summed E-state index contributed by atoms with van der Waals surface area (Å²) in [7, 11) is 3.22. The molecule has 28 heavy (non-hydrogen) atoms. The SMILES string of the molecule is COc1cn(C(Cc2ccn(C)n2)C(=O)O)c(=O)cc1-c1cc(Cl)ccc1C. The molecule has 1 aromatic carbocycles. The summed E-state index contributed by atoms with van der Waals surface area (Å²) in [6, 6.07) is 7.37. The Morgan fingerprint density at radius 3 is 2.64 bits per heavy atom. The third-order valence-electron chi connectivity index (χ3n) is 4.55. The van der Waals surface area contributed by atoms with Crippen molar-refractivity contribution in [1.29, 1.82) is 0 Å². The Morgan fingerprint density at radius 1 is 1.29 bits per heavy atom. The summed E-state index contributed by atoms with van der Waals surface area (Å²) in [6.07, 6.45) is 3.23. The zero-order valence-corrected chi connectivity index (χ0v) is 16.5. The number of ether oxygens (including phenoxy) is 1. The number of methoxy groups -OCH3 is 1. The molecule has 0 fully saturated rings. The molecule has 1 unspecified atom stereocenters. The van der Waals surface area contributed by atoms with Crippen molar-refractivity contribution < 1.29 is 14.6 Å². The monoisotopic (exact) mass is 401 g/mol. The summed E-state index contributed by atoms with van der Waals surface area (Å²) in [4.78, 5) is 24.7. The molecule has 1 atom stereocenters. The van der Waals surface area contributed by atoms with Crippen LogP contribution in [0.25, 0.3) is 11.1 Å². The minimum atomic E-state index is -1.12. The predicted octanol–water partition coefficient (Wildman–Crippen LogP) is 3.09. The maximum Gasteiger partial charge on any atom is 0.327 e. The Kier molecular flexibility index (Phi) is 5.56. The fourth-order valence-corrected chi connectivity index (χ4v) is 3.28. The maximum absolute atomic E-state index is 12.8. The van der Waals surface area contributed by atoms with Crippen LogP contribution in [0.2, 0.25) is 5.02 Å². The molecule has 0 bridgehead atoms. The molecular formula is C20H20ClN3O4. The highest BCUT2D eigenvalue weighted by Crippen LogP contribution is 2.33. The van der Waals surface area contributed by atoms with Crippen LogP contribution in [0.1, 0.15) is 17.3 Å². The number of aliphatic carboxylic acids is 1. The van der Waals surface area contributed by atoms with Crippen LogP contribution in [0, 0.1) is 6.92 Å². The van der Waals surface area contributed by atoms with Gasteiger partial charge in [-0.1, -0.05) is 17.7 Å². The molecule has 1 N–H and O–H groups in total. The number of pyridine rings is 1. The molecule has 0 aliphatic carbocycles. The van der Waals surface area contributed by atoms with Crippen LogP contribution in [-0.2, 0) is 18.3 Å². The second-order valence-corrected chi connectivity index (χ2v) is 6.94. The van der Waals surface area contributed by atoms with Gasteiger partial charge in [0.25, 0.3) is 5.56 Å². The van der Waals surface area contributed by atoms with Crippen molar-refractivity contribution in [2.75, 3.05) is 7.11 Å². The first-order chi connectivity index (χ1) is 13.3. The molecule has 0 radical (unpaired) electrons. The average molecular weight is 402 g/mol. The van der Waals surface area contributed by atoms with E-state index in [2.05, 4.69) is 5.10 Å². The van der Waals surface area contributed by atoms with Crippen molar-refractivity contribution in [2.24, 2.45) is 7.05 Å². The highest BCUT2D eigenvalue weighted by molar-refractivity contribution is 6.30. The number of hydrogen-bond donors (Lipinski definition) is 1. The van der Waals surface area contributed by atoms with Crippen LogP contribution < -0.4 is 10.3 Å². The van der Waals surface area contributed by atoms with Gasteiger partial charge in [-0.2, -0.15) is 5.10 Å². The number of carboxylic acid groups (broad SMARTS) is 1. The lowest BCUT2D eigenvalue weighted by Crippen LogP contribution is -2.31. The summed E-state index contributed by atoms with van der Waals surface area (Å²) in [5.41, 5.74) is 2.37. The number of carboxylic acids is 1. The molecular weight excluding hydrogens is 382 g/mol. The van der Waals surface area contributed by atoms with Gasteiger partial charge in [0.05, 0.1) is 19.0 Å². The lowest BCUT2D eigenvalue weighted by atomic mass is 10.0. The van der Waals surface area contributed by atoms with Gasteiger partial charge < -0.3 is 9.84 Å². The first-order valence-corrected chi connectivity index (χ1v) is 8.96. The summed E-state index contributed by atoms with van der Waals surface area (Å²) >= 11 is 6.11. The van der Waals surface area contributed by atoms with E-state index in [0.29, 0.717) is 22.0 Å². The van der Waals surface area contributed by atoms with Gasteiger partial charge in [-0.05, 0) is 36.2 Å². The number of benzene rings is 1. The minimum Gasteiger partial charge on any atom is -0.495 e. The van der Waals surface area contributed by atoms with E-state index in [9.17, 15) is 14.7 Å². The van der Waals surface area contributed by atoms with Gasteiger partial charge in [0.15, 0.2) is 0 Å². The van der Waals surface area contributed by atoms with Gasteiger partial charge in [-0.25, -0.2) is 4.79 Å². The van der Waals surface area contributed by atoms with Crippen molar-refractivity contribution in [3.8, 4) is 16.9 Å². The Balaban J connectivity index is 2.10. The van der Waals surface area contributed by atoms with E-state index in [-0.39, 0.29) is 6.42 Å². The van der Waals surface area contributed by atoms with Crippen molar-refractivity contribution >= 4 is 17.6 Å². The van der Waals surface area contributed by atoms with E-state index < -0.39 is 17.6 Å². The van der Waals surface area contributed by atoms with Crippen molar-refractivity contribution in [3.63, 3.8) is 0 Å². The highest BCUT2D eigenvalue weighted by Gasteiger charge is 2.24. The normalized spacial score (nSPS) is 12.0. The standard InChI is InChI=1S/C20H20ClN3O4/c1-12-4-5-13(21)8-15(12)16-10-19(25)24(11-18(16)28-3)17(20(26)27)9-14-6-7-23(2)22-14/h4-8,10-11,17H,9H2,1-3H3,(H,26,27). The molecule has 7 nitrogen and oxygen atoms in total. The van der Waals surface area contributed by atoms with E-state index in [1.54, 1.807) is 36.1 Å². The smallest absolute Gasteiger partial charge is 0.327 e. The van der Waals surface area contributed by atoms with E-state index in [1.807, 2.05) is 13.0 Å². The molecule has 0 amide bonds. The fraction of sp³-hybridized carbons (Fsp3) is 0.250. The number of nitrogens with zero attached hydrogens (tertiary/aromatic N) is 3. The van der Waals surface area contributed by atoms with Crippen LogP contribution in [0.15, 0.2) is 47.5 Å². The molecule has 3 aromatic rings. The molecule has 0 saturated heterocycles. The second kappa shape index (κ2) is 7.90. The first kappa shape index (κ1) is 19.7. The van der Waals surface area contributed by atoms with E-state index in [0.717, 1.165) is 11.1 Å². The number of rotatable bonds is 6. The molecule has 3 rings (SSSR count). The van der Waals surface area contributed by atoms with Crippen molar-refractivity contribution in [2.45, 2.75) is 19.4 Å². The second-order valence-electron chi connectivity index (χ2n) is 6.50.